The van der Waals surface area contributed by atoms with Crippen molar-refractivity contribution in [2.24, 2.45) is 0 Å². The van der Waals surface area contributed by atoms with E-state index < -0.39 is 11.5 Å². The van der Waals surface area contributed by atoms with E-state index in [1.54, 1.807) is 6.92 Å². The molecule has 0 aliphatic carbocycles. The van der Waals surface area contributed by atoms with Gasteiger partial charge in [-0.25, -0.2) is 4.79 Å². The number of carboxylic acids is 1. The number of hydrogen-bond donors (Lipinski definition) is 2. The van der Waals surface area contributed by atoms with Crippen molar-refractivity contribution in [2.45, 2.75) is 25.8 Å². The first-order valence-electron chi connectivity index (χ1n) is 3.44. The highest BCUT2D eigenvalue weighted by atomic mass is 16.4. The van der Waals surface area contributed by atoms with Crippen LogP contribution in [0.2, 0.25) is 0 Å². The Bertz CT molecular complexity index is 157. The molecule has 0 spiro atoms. The normalized spacial score (nSPS) is 15.5. The molecular weight excluding hydrogens is 146 g/mol. The highest BCUT2D eigenvalue weighted by Gasteiger charge is 2.39. The van der Waals surface area contributed by atoms with Crippen LogP contribution in [0.5, 0.6) is 0 Å². The molecular formula is C7H13NO3. The van der Waals surface area contributed by atoms with Gasteiger partial charge in [0.15, 0.2) is 11.3 Å². The maximum atomic E-state index is 10.9. The zero-order valence-electron chi connectivity index (χ0n) is 6.97. The second-order valence-corrected chi connectivity index (χ2v) is 2.37. The zero-order valence-corrected chi connectivity index (χ0v) is 6.97. The van der Waals surface area contributed by atoms with Gasteiger partial charge >= 0.3 is 5.97 Å². The number of aliphatic carboxylic acids is 1. The standard InChI is InChI=1S/C7H13NO3/c1-4-7(8-3,5(2)9)6(10)11/h8H,4H2,1-3H3,(H,10,11). The second kappa shape index (κ2) is 3.48. The molecule has 2 N–H and O–H groups in total. The summed E-state index contributed by atoms with van der Waals surface area (Å²) in [5.74, 6) is -1.48. The maximum absolute atomic E-state index is 10.9. The Balaban J connectivity index is 4.76. The van der Waals surface area contributed by atoms with Crippen molar-refractivity contribution in [3.63, 3.8) is 0 Å². The molecule has 1 unspecified atom stereocenters. The van der Waals surface area contributed by atoms with Crippen LogP contribution in [0, 0.1) is 0 Å². The number of hydrogen-bond acceptors (Lipinski definition) is 3. The van der Waals surface area contributed by atoms with E-state index >= 15 is 0 Å². The Morgan fingerprint density at radius 2 is 2.00 bits per heavy atom. The molecule has 1 atom stereocenters. The van der Waals surface area contributed by atoms with Gasteiger partial charge < -0.3 is 5.11 Å². The Morgan fingerprint density at radius 3 is 2.00 bits per heavy atom. The molecule has 0 saturated heterocycles. The summed E-state index contributed by atoms with van der Waals surface area (Å²) >= 11 is 0. The quantitative estimate of drug-likeness (QED) is 0.568. The molecule has 11 heavy (non-hydrogen) atoms. The van der Waals surface area contributed by atoms with Crippen molar-refractivity contribution < 1.29 is 14.7 Å². The Labute approximate surface area is 65.6 Å². The fraction of sp³-hybridized carbons (Fsp3) is 0.714. The van der Waals surface area contributed by atoms with E-state index in [1.807, 2.05) is 0 Å². The fourth-order valence-corrected chi connectivity index (χ4v) is 1.01. The van der Waals surface area contributed by atoms with Crippen LogP contribution in [0.4, 0.5) is 0 Å². The molecule has 0 bridgehead atoms. The third-order valence-corrected chi connectivity index (χ3v) is 1.92. The van der Waals surface area contributed by atoms with Crippen LogP contribution in [0.1, 0.15) is 20.3 Å². The minimum absolute atomic E-state index is 0.258. The first-order chi connectivity index (χ1) is 5.01. The van der Waals surface area contributed by atoms with Gasteiger partial charge in [0, 0.05) is 0 Å². The Hall–Kier alpha value is -0.900. The fourth-order valence-electron chi connectivity index (χ4n) is 1.01. The number of likely N-dealkylation sites (N-methyl/N-ethyl adjacent to an activating group) is 1. The van der Waals surface area contributed by atoms with E-state index in [0.29, 0.717) is 0 Å². The van der Waals surface area contributed by atoms with Gasteiger partial charge in [-0.3, -0.25) is 10.1 Å². The average Bonchev–Trinajstić information content (AvgIpc) is 1.90. The van der Waals surface area contributed by atoms with Crippen molar-refractivity contribution in [3.05, 3.63) is 0 Å². The molecule has 0 rings (SSSR count). The van der Waals surface area contributed by atoms with Gasteiger partial charge in [0.1, 0.15) is 0 Å². The molecule has 0 fully saturated rings. The predicted octanol–water partition coefficient (Wildman–Crippen LogP) is 0.0282. The molecule has 0 aromatic rings. The van der Waals surface area contributed by atoms with Crippen LogP contribution in [0.3, 0.4) is 0 Å². The molecule has 0 aliphatic heterocycles. The third-order valence-electron chi connectivity index (χ3n) is 1.92. The Morgan fingerprint density at radius 1 is 1.55 bits per heavy atom. The zero-order chi connectivity index (χ0) is 9.07. The summed E-state index contributed by atoms with van der Waals surface area (Å²) in [6.45, 7) is 2.93. The van der Waals surface area contributed by atoms with E-state index in [0.717, 1.165) is 0 Å². The minimum atomic E-state index is -1.39. The van der Waals surface area contributed by atoms with Crippen LogP contribution >= 0.6 is 0 Å². The lowest BCUT2D eigenvalue weighted by atomic mass is 9.92. The smallest absolute Gasteiger partial charge is 0.331 e. The van der Waals surface area contributed by atoms with Crippen LogP contribution < -0.4 is 5.32 Å². The number of carbonyl (C=O) groups is 2. The van der Waals surface area contributed by atoms with E-state index in [4.69, 9.17) is 5.11 Å². The second-order valence-electron chi connectivity index (χ2n) is 2.37. The number of nitrogens with one attached hydrogen (secondary N) is 1. The van der Waals surface area contributed by atoms with Gasteiger partial charge in [0.05, 0.1) is 0 Å². The summed E-state index contributed by atoms with van der Waals surface area (Å²) in [6.07, 6.45) is 0.258. The molecule has 0 saturated carbocycles. The highest BCUT2D eigenvalue weighted by molar-refractivity contribution is 6.06. The van der Waals surface area contributed by atoms with Crippen molar-refractivity contribution in [2.75, 3.05) is 7.05 Å². The molecule has 0 aromatic carbocycles. The molecule has 0 amide bonds. The minimum Gasteiger partial charge on any atom is -0.480 e. The molecule has 4 heteroatoms. The lowest BCUT2D eigenvalue weighted by Gasteiger charge is -2.23. The first-order valence-corrected chi connectivity index (χ1v) is 3.44. The van der Waals surface area contributed by atoms with E-state index in [1.165, 1.54) is 14.0 Å². The van der Waals surface area contributed by atoms with E-state index in [-0.39, 0.29) is 12.2 Å². The van der Waals surface area contributed by atoms with Crippen LogP contribution in [0.25, 0.3) is 0 Å². The van der Waals surface area contributed by atoms with Crippen LogP contribution in [-0.2, 0) is 9.59 Å². The summed E-state index contributed by atoms with van der Waals surface area (Å²) in [4.78, 5) is 21.6. The lowest BCUT2D eigenvalue weighted by molar-refractivity contribution is -0.149. The summed E-state index contributed by atoms with van der Waals surface area (Å²) in [5, 5.41) is 11.2. The van der Waals surface area contributed by atoms with Gasteiger partial charge in [-0.05, 0) is 20.4 Å². The molecule has 64 valence electrons. The summed E-state index contributed by atoms with van der Waals surface area (Å²) in [6, 6.07) is 0. The average molecular weight is 159 g/mol. The van der Waals surface area contributed by atoms with Crippen molar-refractivity contribution in [1.82, 2.24) is 5.32 Å². The van der Waals surface area contributed by atoms with Gasteiger partial charge in [0.25, 0.3) is 0 Å². The van der Waals surface area contributed by atoms with Crippen LogP contribution in [0.15, 0.2) is 0 Å². The Kier molecular flexibility index (Phi) is 3.19. The molecule has 0 aromatic heterocycles. The van der Waals surface area contributed by atoms with Crippen molar-refractivity contribution in [1.29, 1.82) is 0 Å². The van der Waals surface area contributed by atoms with E-state index in [9.17, 15) is 9.59 Å². The molecule has 4 nitrogen and oxygen atoms in total. The van der Waals surface area contributed by atoms with Crippen molar-refractivity contribution >= 4 is 11.8 Å². The van der Waals surface area contributed by atoms with Gasteiger partial charge in [-0.15, -0.1) is 0 Å². The van der Waals surface area contributed by atoms with Crippen molar-refractivity contribution in [3.8, 4) is 0 Å². The molecule has 0 heterocycles. The van der Waals surface area contributed by atoms with Crippen LogP contribution in [-0.4, -0.2) is 29.4 Å². The largest absolute Gasteiger partial charge is 0.480 e. The predicted molar refractivity (Wildman–Crippen MR) is 40.4 cm³/mol. The topological polar surface area (TPSA) is 66.4 Å². The summed E-state index contributed by atoms with van der Waals surface area (Å²) in [7, 11) is 1.47. The number of carboxylic acid groups (broad SMARTS) is 1. The lowest BCUT2D eigenvalue weighted by Crippen LogP contribution is -2.55. The van der Waals surface area contributed by atoms with Gasteiger partial charge in [-0.1, -0.05) is 6.92 Å². The number of rotatable bonds is 4. The number of ketones is 1. The SMILES string of the molecule is CCC(NC)(C(C)=O)C(=O)O. The molecule has 0 aliphatic rings. The van der Waals surface area contributed by atoms with E-state index in [2.05, 4.69) is 5.32 Å². The monoisotopic (exact) mass is 159 g/mol. The number of Topliss-reactive ketones (excluding diaryl/α,β-unsaturated/α-hetero) is 1. The highest BCUT2D eigenvalue weighted by Crippen LogP contribution is 2.10. The third kappa shape index (κ3) is 1.57. The van der Waals surface area contributed by atoms with Gasteiger partial charge in [0.2, 0.25) is 0 Å². The maximum Gasteiger partial charge on any atom is 0.331 e. The molecule has 0 radical (unpaired) electrons. The number of carbonyl (C=O) groups excluding carboxylic acids is 1. The summed E-state index contributed by atoms with van der Waals surface area (Å²) in [5.41, 5.74) is -1.39. The summed E-state index contributed by atoms with van der Waals surface area (Å²) < 4.78 is 0. The van der Waals surface area contributed by atoms with Gasteiger partial charge in [-0.2, -0.15) is 0 Å². The first kappa shape index (κ1) is 10.1.